The molecule has 0 aliphatic heterocycles. The van der Waals surface area contributed by atoms with Gasteiger partial charge in [0.05, 0.1) is 13.7 Å². The quantitative estimate of drug-likeness (QED) is 0.752. The number of ether oxygens (including phenoxy) is 1. The highest BCUT2D eigenvalue weighted by Gasteiger charge is 2.19. The molecule has 14 heavy (non-hydrogen) atoms. The van der Waals surface area contributed by atoms with E-state index in [4.69, 9.17) is 15.6 Å². The Bertz CT molecular complexity index is 297. The van der Waals surface area contributed by atoms with Gasteiger partial charge in [-0.2, -0.15) is 0 Å². The molecule has 78 valence electrons. The van der Waals surface area contributed by atoms with Gasteiger partial charge in [0, 0.05) is 5.54 Å². The largest absolute Gasteiger partial charge is 0.496 e. The van der Waals surface area contributed by atoms with Gasteiger partial charge in [-0.3, -0.25) is 0 Å². The topological polar surface area (TPSA) is 55.5 Å². The summed E-state index contributed by atoms with van der Waals surface area (Å²) in [6.45, 7) is 1.78. The van der Waals surface area contributed by atoms with E-state index < -0.39 is 5.54 Å². The lowest BCUT2D eigenvalue weighted by atomic mass is 9.94. The maximum absolute atomic E-state index is 9.05. The molecule has 3 nitrogen and oxygen atoms in total. The predicted octanol–water partition coefficient (Wildman–Crippen LogP) is 0.947. The van der Waals surface area contributed by atoms with Crippen LogP contribution in [0.25, 0.3) is 0 Å². The molecule has 0 fully saturated rings. The summed E-state index contributed by atoms with van der Waals surface area (Å²) in [7, 11) is 1.63. The smallest absolute Gasteiger partial charge is 0.122 e. The fourth-order valence-electron chi connectivity index (χ4n) is 1.34. The third-order valence-electron chi connectivity index (χ3n) is 2.15. The molecule has 0 aliphatic carbocycles. The van der Waals surface area contributed by atoms with Crippen LogP contribution in [0, 0.1) is 0 Å². The lowest BCUT2D eigenvalue weighted by Gasteiger charge is -2.22. The SMILES string of the molecule is COc1ccccc1C[C@](C)(N)CO. The van der Waals surface area contributed by atoms with Crippen LogP contribution in [0.4, 0.5) is 0 Å². The van der Waals surface area contributed by atoms with Crippen molar-refractivity contribution in [3.8, 4) is 5.75 Å². The second kappa shape index (κ2) is 4.44. The van der Waals surface area contributed by atoms with E-state index in [9.17, 15) is 0 Å². The second-order valence-electron chi connectivity index (χ2n) is 3.80. The fraction of sp³-hybridized carbons (Fsp3) is 0.455. The highest BCUT2D eigenvalue weighted by molar-refractivity contribution is 5.34. The van der Waals surface area contributed by atoms with Gasteiger partial charge in [0.2, 0.25) is 0 Å². The average molecular weight is 195 g/mol. The van der Waals surface area contributed by atoms with Crippen LogP contribution in [-0.2, 0) is 6.42 Å². The van der Waals surface area contributed by atoms with Crippen LogP contribution < -0.4 is 10.5 Å². The van der Waals surface area contributed by atoms with Gasteiger partial charge in [0.25, 0.3) is 0 Å². The number of para-hydroxylation sites is 1. The zero-order valence-corrected chi connectivity index (χ0v) is 8.66. The van der Waals surface area contributed by atoms with E-state index in [2.05, 4.69) is 0 Å². The Hall–Kier alpha value is -1.06. The summed E-state index contributed by atoms with van der Waals surface area (Å²) < 4.78 is 5.20. The first-order chi connectivity index (χ1) is 6.59. The van der Waals surface area contributed by atoms with Crippen LogP contribution in [-0.4, -0.2) is 24.4 Å². The molecule has 1 atom stereocenters. The fourth-order valence-corrected chi connectivity index (χ4v) is 1.34. The molecule has 1 aromatic rings. The van der Waals surface area contributed by atoms with E-state index >= 15 is 0 Å². The summed E-state index contributed by atoms with van der Waals surface area (Å²) >= 11 is 0. The van der Waals surface area contributed by atoms with Crippen molar-refractivity contribution < 1.29 is 9.84 Å². The van der Waals surface area contributed by atoms with Crippen LogP contribution in [0.2, 0.25) is 0 Å². The van der Waals surface area contributed by atoms with E-state index in [0.717, 1.165) is 11.3 Å². The molecule has 0 saturated carbocycles. The first-order valence-electron chi connectivity index (χ1n) is 4.61. The van der Waals surface area contributed by atoms with Crippen molar-refractivity contribution in [3.63, 3.8) is 0 Å². The normalized spacial score (nSPS) is 14.9. The lowest BCUT2D eigenvalue weighted by Crippen LogP contribution is -2.42. The van der Waals surface area contributed by atoms with E-state index in [1.165, 1.54) is 0 Å². The second-order valence-corrected chi connectivity index (χ2v) is 3.80. The zero-order chi connectivity index (χ0) is 10.6. The van der Waals surface area contributed by atoms with Crippen LogP contribution in [0.3, 0.4) is 0 Å². The number of hydrogen-bond acceptors (Lipinski definition) is 3. The average Bonchev–Trinajstić information content (AvgIpc) is 2.18. The Morgan fingerprint density at radius 3 is 2.64 bits per heavy atom. The van der Waals surface area contributed by atoms with Crippen molar-refractivity contribution in [2.75, 3.05) is 13.7 Å². The maximum Gasteiger partial charge on any atom is 0.122 e. The van der Waals surface area contributed by atoms with Crippen molar-refractivity contribution in [3.05, 3.63) is 29.8 Å². The first-order valence-corrected chi connectivity index (χ1v) is 4.61. The Morgan fingerprint density at radius 1 is 1.43 bits per heavy atom. The number of nitrogens with two attached hydrogens (primary N) is 1. The molecule has 0 heterocycles. The third kappa shape index (κ3) is 2.72. The standard InChI is InChI=1S/C11H17NO2/c1-11(12,8-13)7-9-5-3-4-6-10(9)14-2/h3-6,13H,7-8,12H2,1-2H3/t11-/m0/s1. The molecule has 0 aliphatic rings. The minimum absolute atomic E-state index is 0.0367. The summed E-state index contributed by atoms with van der Waals surface area (Å²) in [5.74, 6) is 0.817. The summed E-state index contributed by atoms with van der Waals surface area (Å²) in [5.41, 5.74) is 6.30. The van der Waals surface area contributed by atoms with Gasteiger partial charge >= 0.3 is 0 Å². The molecule has 0 saturated heterocycles. The molecule has 0 spiro atoms. The van der Waals surface area contributed by atoms with Gasteiger partial charge in [-0.25, -0.2) is 0 Å². The maximum atomic E-state index is 9.05. The molecule has 0 aromatic heterocycles. The third-order valence-corrected chi connectivity index (χ3v) is 2.15. The van der Waals surface area contributed by atoms with E-state index in [-0.39, 0.29) is 6.61 Å². The van der Waals surface area contributed by atoms with Crippen molar-refractivity contribution >= 4 is 0 Å². The van der Waals surface area contributed by atoms with Gasteiger partial charge in [0.1, 0.15) is 5.75 Å². The summed E-state index contributed by atoms with van der Waals surface area (Å²) in [6, 6.07) is 7.70. The highest BCUT2D eigenvalue weighted by atomic mass is 16.5. The summed E-state index contributed by atoms with van der Waals surface area (Å²) in [5, 5.41) is 9.05. The number of hydrogen-bond donors (Lipinski definition) is 2. The van der Waals surface area contributed by atoms with Crippen molar-refractivity contribution in [1.29, 1.82) is 0 Å². The molecule has 0 unspecified atom stereocenters. The van der Waals surface area contributed by atoms with Gasteiger partial charge in [-0.05, 0) is 25.0 Å². The molecule has 1 aromatic carbocycles. The summed E-state index contributed by atoms with van der Waals surface area (Å²) in [4.78, 5) is 0. The number of methoxy groups -OCH3 is 1. The Morgan fingerprint density at radius 2 is 2.07 bits per heavy atom. The van der Waals surface area contributed by atoms with E-state index in [1.54, 1.807) is 7.11 Å². The lowest BCUT2D eigenvalue weighted by molar-refractivity contribution is 0.207. The molecule has 0 amide bonds. The minimum atomic E-state index is -0.589. The Labute approximate surface area is 84.5 Å². The van der Waals surface area contributed by atoms with E-state index in [0.29, 0.717) is 6.42 Å². The predicted molar refractivity (Wildman–Crippen MR) is 56.4 cm³/mol. The zero-order valence-electron chi connectivity index (χ0n) is 8.66. The molecule has 0 radical (unpaired) electrons. The van der Waals surface area contributed by atoms with Gasteiger partial charge in [-0.1, -0.05) is 18.2 Å². The highest BCUT2D eigenvalue weighted by Crippen LogP contribution is 2.21. The number of aliphatic hydroxyl groups excluding tert-OH is 1. The van der Waals surface area contributed by atoms with Gasteiger partial charge < -0.3 is 15.6 Å². The Kier molecular flexibility index (Phi) is 3.49. The molecule has 0 bridgehead atoms. The molecular weight excluding hydrogens is 178 g/mol. The number of benzene rings is 1. The van der Waals surface area contributed by atoms with Crippen molar-refractivity contribution in [2.45, 2.75) is 18.9 Å². The summed E-state index contributed by atoms with van der Waals surface area (Å²) in [6.07, 6.45) is 0.605. The van der Waals surface area contributed by atoms with Gasteiger partial charge in [-0.15, -0.1) is 0 Å². The number of rotatable bonds is 4. The Balaban J connectivity index is 2.85. The number of aliphatic hydroxyl groups is 1. The van der Waals surface area contributed by atoms with Crippen LogP contribution in [0.5, 0.6) is 5.75 Å². The van der Waals surface area contributed by atoms with Crippen LogP contribution in [0.1, 0.15) is 12.5 Å². The van der Waals surface area contributed by atoms with Crippen LogP contribution in [0.15, 0.2) is 24.3 Å². The molecule has 3 heteroatoms. The molecule has 1 rings (SSSR count). The first kappa shape index (κ1) is 11.0. The van der Waals surface area contributed by atoms with Crippen LogP contribution >= 0.6 is 0 Å². The van der Waals surface area contributed by atoms with Crippen molar-refractivity contribution in [1.82, 2.24) is 0 Å². The monoisotopic (exact) mass is 195 g/mol. The van der Waals surface area contributed by atoms with E-state index in [1.807, 2.05) is 31.2 Å². The minimum Gasteiger partial charge on any atom is -0.496 e. The molecule has 3 N–H and O–H groups in total. The van der Waals surface area contributed by atoms with Gasteiger partial charge in [0.15, 0.2) is 0 Å². The van der Waals surface area contributed by atoms with Crippen molar-refractivity contribution in [2.24, 2.45) is 5.73 Å². The molecular formula is C11H17NO2.